The first-order valence-electron chi connectivity index (χ1n) is 8.62. The van der Waals surface area contributed by atoms with Gasteiger partial charge >= 0.3 is 0 Å². The van der Waals surface area contributed by atoms with Crippen LogP contribution in [0.1, 0.15) is 32.3 Å². The third kappa shape index (κ3) is 3.98. The molecule has 0 aliphatic carbocycles. The van der Waals surface area contributed by atoms with E-state index in [1.165, 1.54) is 16.2 Å². The third-order valence-corrected chi connectivity index (χ3v) is 5.51. The molecule has 140 valence electrons. The van der Waals surface area contributed by atoms with Crippen LogP contribution in [-0.2, 0) is 4.79 Å². The average molecular weight is 382 g/mol. The number of thiophene rings is 1. The lowest BCUT2D eigenvalue weighted by Crippen LogP contribution is -2.34. The smallest absolute Gasteiger partial charge is 0.264 e. The lowest BCUT2D eigenvalue weighted by Gasteiger charge is -2.16. The molecule has 0 aliphatic rings. The second kappa shape index (κ2) is 7.44. The molecule has 2 amide bonds. The number of carbonyl (C=O) groups excluding carboxylic acids is 2. The molecule has 0 unspecified atom stereocenters. The summed E-state index contributed by atoms with van der Waals surface area (Å²) in [5, 5.41) is 3.74. The van der Waals surface area contributed by atoms with Gasteiger partial charge in [0.2, 0.25) is 5.91 Å². The van der Waals surface area contributed by atoms with Gasteiger partial charge in [-0.05, 0) is 45.4 Å². The Morgan fingerprint density at radius 3 is 2.41 bits per heavy atom. The number of anilines is 1. The molecule has 2 aromatic heterocycles. The van der Waals surface area contributed by atoms with Crippen molar-refractivity contribution in [2.75, 3.05) is 18.9 Å². The van der Waals surface area contributed by atoms with E-state index in [0.717, 1.165) is 27.0 Å². The molecule has 3 rings (SSSR count). The zero-order valence-corrected chi connectivity index (χ0v) is 16.9. The number of amides is 2. The van der Waals surface area contributed by atoms with E-state index >= 15 is 0 Å². The fraction of sp³-hybridized carbons (Fsp3) is 0.300. The summed E-state index contributed by atoms with van der Waals surface area (Å²) in [6.45, 7) is 7.62. The van der Waals surface area contributed by atoms with Crippen molar-refractivity contribution >= 4 is 39.1 Å². The summed E-state index contributed by atoms with van der Waals surface area (Å²) in [6, 6.07) is 7.54. The Balaban J connectivity index is 1.76. The van der Waals surface area contributed by atoms with Gasteiger partial charge in [-0.2, -0.15) is 0 Å². The van der Waals surface area contributed by atoms with Gasteiger partial charge in [-0.15, -0.1) is 11.3 Å². The standard InChI is InChI=1S/C20H22N4O2S/c1-11-6-8-15(9-7-11)23-16(25)10-24(5)20(26)18-12(2)17-13(3)21-14(4)22-19(17)27-18/h6-9H,10H2,1-5H3,(H,23,25). The van der Waals surface area contributed by atoms with E-state index in [1.54, 1.807) is 7.05 Å². The fourth-order valence-corrected chi connectivity index (χ4v) is 4.25. The second-order valence-electron chi connectivity index (χ2n) is 6.67. The van der Waals surface area contributed by atoms with Crippen molar-refractivity contribution in [3.63, 3.8) is 0 Å². The first kappa shape index (κ1) is 19.0. The van der Waals surface area contributed by atoms with Crippen molar-refractivity contribution in [3.05, 3.63) is 51.8 Å². The number of likely N-dealkylation sites (N-methyl/N-ethyl adjacent to an activating group) is 1. The predicted molar refractivity (Wildman–Crippen MR) is 108 cm³/mol. The van der Waals surface area contributed by atoms with Crippen LogP contribution in [0, 0.1) is 27.7 Å². The van der Waals surface area contributed by atoms with E-state index < -0.39 is 0 Å². The van der Waals surface area contributed by atoms with Crippen molar-refractivity contribution in [1.82, 2.24) is 14.9 Å². The predicted octanol–water partition coefficient (Wildman–Crippen LogP) is 3.64. The monoisotopic (exact) mass is 382 g/mol. The van der Waals surface area contributed by atoms with Gasteiger partial charge in [0.15, 0.2) is 0 Å². The number of hydrogen-bond acceptors (Lipinski definition) is 5. The molecule has 0 aliphatic heterocycles. The maximum atomic E-state index is 12.9. The highest BCUT2D eigenvalue weighted by molar-refractivity contribution is 7.20. The molecule has 27 heavy (non-hydrogen) atoms. The van der Waals surface area contributed by atoms with Gasteiger partial charge in [-0.25, -0.2) is 9.97 Å². The van der Waals surface area contributed by atoms with Crippen molar-refractivity contribution in [1.29, 1.82) is 0 Å². The summed E-state index contributed by atoms with van der Waals surface area (Å²) in [5.74, 6) is 0.262. The molecule has 3 aromatic rings. The Labute approximate surface area is 162 Å². The molecule has 0 saturated carbocycles. The highest BCUT2D eigenvalue weighted by Crippen LogP contribution is 2.31. The van der Waals surface area contributed by atoms with E-state index in [9.17, 15) is 9.59 Å². The maximum Gasteiger partial charge on any atom is 0.264 e. The Bertz CT molecular complexity index is 1020. The molecule has 0 atom stereocenters. The highest BCUT2D eigenvalue weighted by Gasteiger charge is 2.22. The van der Waals surface area contributed by atoms with E-state index in [-0.39, 0.29) is 18.4 Å². The van der Waals surface area contributed by atoms with E-state index in [0.29, 0.717) is 16.4 Å². The van der Waals surface area contributed by atoms with Crippen LogP contribution < -0.4 is 5.32 Å². The van der Waals surface area contributed by atoms with Gasteiger partial charge < -0.3 is 10.2 Å². The van der Waals surface area contributed by atoms with E-state index in [2.05, 4.69) is 15.3 Å². The van der Waals surface area contributed by atoms with E-state index in [1.807, 2.05) is 52.0 Å². The number of nitrogens with zero attached hydrogens (tertiary/aromatic N) is 3. The maximum absolute atomic E-state index is 12.9. The number of benzene rings is 1. The molecule has 0 bridgehead atoms. The van der Waals surface area contributed by atoms with Crippen LogP contribution >= 0.6 is 11.3 Å². The lowest BCUT2D eigenvalue weighted by atomic mass is 10.1. The summed E-state index contributed by atoms with van der Waals surface area (Å²) in [6.07, 6.45) is 0. The van der Waals surface area contributed by atoms with Crippen LogP contribution in [0.5, 0.6) is 0 Å². The Hall–Kier alpha value is -2.80. The van der Waals surface area contributed by atoms with Gasteiger partial charge in [-0.1, -0.05) is 17.7 Å². The first-order chi connectivity index (χ1) is 12.8. The molecule has 0 radical (unpaired) electrons. The summed E-state index contributed by atoms with van der Waals surface area (Å²) in [5.41, 5.74) is 3.56. The van der Waals surface area contributed by atoms with Crippen LogP contribution in [0.3, 0.4) is 0 Å². The van der Waals surface area contributed by atoms with E-state index in [4.69, 9.17) is 0 Å². The number of nitrogens with one attached hydrogen (secondary N) is 1. The van der Waals surface area contributed by atoms with Gasteiger partial charge in [0.05, 0.1) is 11.4 Å². The molecular weight excluding hydrogens is 360 g/mol. The van der Waals surface area contributed by atoms with Crippen LogP contribution in [0.4, 0.5) is 5.69 Å². The minimum absolute atomic E-state index is 0.0237. The Morgan fingerprint density at radius 1 is 1.07 bits per heavy atom. The number of aromatic nitrogens is 2. The molecule has 0 spiro atoms. The average Bonchev–Trinajstić information content (AvgIpc) is 2.92. The topological polar surface area (TPSA) is 75.2 Å². The lowest BCUT2D eigenvalue weighted by molar-refractivity contribution is -0.116. The van der Waals surface area contributed by atoms with Crippen LogP contribution in [0.15, 0.2) is 24.3 Å². The van der Waals surface area contributed by atoms with Gasteiger partial charge in [0.25, 0.3) is 5.91 Å². The Kier molecular flexibility index (Phi) is 5.23. The molecular formula is C20H22N4O2S. The van der Waals surface area contributed by atoms with Gasteiger partial charge in [-0.3, -0.25) is 9.59 Å². The minimum Gasteiger partial charge on any atom is -0.332 e. The highest BCUT2D eigenvalue weighted by atomic mass is 32.1. The zero-order chi connectivity index (χ0) is 19.7. The zero-order valence-electron chi connectivity index (χ0n) is 16.1. The fourth-order valence-electron chi connectivity index (χ4n) is 2.98. The molecule has 2 heterocycles. The third-order valence-electron chi connectivity index (χ3n) is 4.34. The summed E-state index contributed by atoms with van der Waals surface area (Å²) < 4.78 is 0. The van der Waals surface area contributed by atoms with Crippen molar-refractivity contribution in [3.8, 4) is 0 Å². The first-order valence-corrected chi connectivity index (χ1v) is 9.44. The van der Waals surface area contributed by atoms with Crippen molar-refractivity contribution < 1.29 is 9.59 Å². The molecule has 0 saturated heterocycles. The van der Waals surface area contributed by atoms with Crippen molar-refractivity contribution in [2.45, 2.75) is 27.7 Å². The van der Waals surface area contributed by atoms with Crippen molar-refractivity contribution in [2.24, 2.45) is 0 Å². The Morgan fingerprint density at radius 2 is 1.74 bits per heavy atom. The number of hydrogen-bond donors (Lipinski definition) is 1. The minimum atomic E-state index is -0.236. The van der Waals surface area contributed by atoms with Gasteiger partial charge in [0, 0.05) is 23.8 Å². The van der Waals surface area contributed by atoms with Crippen LogP contribution in [0.2, 0.25) is 0 Å². The summed E-state index contributed by atoms with van der Waals surface area (Å²) in [4.78, 5) is 36.8. The number of rotatable bonds is 4. The number of carbonyl (C=O) groups is 2. The quantitative estimate of drug-likeness (QED) is 0.748. The molecule has 6 nitrogen and oxygen atoms in total. The molecule has 7 heteroatoms. The van der Waals surface area contributed by atoms with Crippen LogP contribution in [-0.4, -0.2) is 40.3 Å². The summed E-state index contributed by atoms with van der Waals surface area (Å²) in [7, 11) is 1.63. The normalized spacial score (nSPS) is 10.9. The number of aryl methyl sites for hydroxylation is 4. The SMILES string of the molecule is Cc1ccc(NC(=O)CN(C)C(=O)c2sc3nc(C)nc(C)c3c2C)cc1. The molecule has 0 fully saturated rings. The van der Waals surface area contributed by atoms with Crippen LogP contribution in [0.25, 0.3) is 10.2 Å². The number of fused-ring (bicyclic) bond motifs is 1. The summed E-state index contributed by atoms with van der Waals surface area (Å²) >= 11 is 1.35. The molecule has 1 N–H and O–H groups in total. The second-order valence-corrected chi connectivity index (χ2v) is 7.67. The van der Waals surface area contributed by atoms with Gasteiger partial charge in [0.1, 0.15) is 10.7 Å². The largest absolute Gasteiger partial charge is 0.332 e. The molecule has 1 aromatic carbocycles.